The van der Waals surface area contributed by atoms with Crippen LogP contribution in [0.15, 0.2) is 29.2 Å². The van der Waals surface area contributed by atoms with Crippen LogP contribution >= 0.6 is 11.8 Å². The number of carboxylic acids is 1. The van der Waals surface area contributed by atoms with Crippen LogP contribution in [0.25, 0.3) is 0 Å². The summed E-state index contributed by atoms with van der Waals surface area (Å²) in [6.45, 7) is 3.76. The third kappa shape index (κ3) is 5.13. The number of para-hydroxylation sites is 1. The van der Waals surface area contributed by atoms with Crippen molar-refractivity contribution >= 4 is 29.4 Å². The van der Waals surface area contributed by atoms with Gasteiger partial charge in [-0.2, -0.15) is 0 Å². The number of aliphatic carboxylic acids is 1. The predicted molar refractivity (Wildman–Crippen MR) is 81.3 cm³/mol. The molecule has 0 saturated carbocycles. The van der Waals surface area contributed by atoms with Gasteiger partial charge in [-0.05, 0) is 24.3 Å². The van der Waals surface area contributed by atoms with Crippen molar-refractivity contribution in [2.24, 2.45) is 5.92 Å². The molecule has 1 unspecified atom stereocenters. The van der Waals surface area contributed by atoms with Gasteiger partial charge in [-0.3, -0.25) is 4.79 Å². The number of rotatable bonds is 6. The molecular weight excluding hydrogens is 276 g/mol. The summed E-state index contributed by atoms with van der Waals surface area (Å²) in [5.74, 6) is -0.874. The molecule has 0 bridgehead atoms. The highest BCUT2D eigenvalue weighted by molar-refractivity contribution is 7.98. The first kappa shape index (κ1) is 16.4. The fraction of sp³-hybridized carbons (Fsp3) is 0.429. The Labute approximate surface area is 123 Å². The summed E-state index contributed by atoms with van der Waals surface area (Å²) in [6, 6.07) is 6.69. The molecule has 0 radical (unpaired) electrons. The Bertz CT molecular complexity index is 477. The van der Waals surface area contributed by atoms with Crippen molar-refractivity contribution in [3.63, 3.8) is 0 Å². The molecule has 0 aromatic heterocycles. The third-order valence-electron chi connectivity index (χ3n) is 2.87. The number of benzene rings is 1. The number of nitrogens with one attached hydrogen (secondary N) is 2. The number of anilines is 1. The Balaban J connectivity index is 2.68. The van der Waals surface area contributed by atoms with Crippen molar-refractivity contribution in [1.29, 1.82) is 0 Å². The first-order valence-corrected chi connectivity index (χ1v) is 7.58. The van der Waals surface area contributed by atoms with Gasteiger partial charge in [0.1, 0.15) is 0 Å². The summed E-state index contributed by atoms with van der Waals surface area (Å²) >= 11 is 1.54. The lowest BCUT2D eigenvalue weighted by molar-refractivity contribution is -0.137. The van der Waals surface area contributed by atoms with Crippen molar-refractivity contribution < 1.29 is 14.7 Å². The zero-order chi connectivity index (χ0) is 15.1. The summed E-state index contributed by atoms with van der Waals surface area (Å²) in [4.78, 5) is 23.7. The van der Waals surface area contributed by atoms with E-state index in [-0.39, 0.29) is 18.4 Å². The van der Waals surface area contributed by atoms with Crippen LogP contribution in [0, 0.1) is 5.92 Å². The molecule has 0 aliphatic heterocycles. The molecule has 0 aliphatic rings. The summed E-state index contributed by atoms with van der Waals surface area (Å²) in [7, 11) is 0. The molecule has 20 heavy (non-hydrogen) atoms. The van der Waals surface area contributed by atoms with E-state index < -0.39 is 12.0 Å². The molecule has 6 heteroatoms. The maximum Gasteiger partial charge on any atom is 0.319 e. The molecule has 2 amide bonds. The first-order chi connectivity index (χ1) is 9.43. The highest BCUT2D eigenvalue weighted by atomic mass is 32.2. The number of carbonyl (C=O) groups is 2. The monoisotopic (exact) mass is 296 g/mol. The Hall–Kier alpha value is -1.69. The van der Waals surface area contributed by atoms with Gasteiger partial charge < -0.3 is 15.7 Å². The standard InChI is InChI=1S/C14H20N2O3S/c1-9(2)11(8-13(17)18)16-14(19)15-10-6-4-5-7-12(10)20-3/h4-7,9,11H,8H2,1-3H3,(H,17,18)(H2,15,16,19). The molecule has 1 aromatic carbocycles. The lowest BCUT2D eigenvalue weighted by Gasteiger charge is -2.21. The van der Waals surface area contributed by atoms with Gasteiger partial charge >= 0.3 is 12.0 Å². The molecule has 1 rings (SSSR count). The normalized spacial score (nSPS) is 12.0. The topological polar surface area (TPSA) is 78.4 Å². The molecule has 3 N–H and O–H groups in total. The first-order valence-electron chi connectivity index (χ1n) is 6.36. The number of amides is 2. The lowest BCUT2D eigenvalue weighted by Crippen LogP contribution is -2.42. The van der Waals surface area contributed by atoms with Gasteiger partial charge in [-0.25, -0.2) is 4.79 Å². The van der Waals surface area contributed by atoms with Crippen LogP contribution in [-0.4, -0.2) is 29.4 Å². The average molecular weight is 296 g/mol. The SMILES string of the molecule is CSc1ccccc1NC(=O)NC(CC(=O)O)C(C)C. The number of hydrogen-bond acceptors (Lipinski definition) is 3. The van der Waals surface area contributed by atoms with Crippen molar-refractivity contribution in [2.45, 2.75) is 31.2 Å². The van der Waals surface area contributed by atoms with Gasteiger partial charge in [0, 0.05) is 10.9 Å². The molecule has 1 atom stereocenters. The fourth-order valence-electron chi connectivity index (χ4n) is 1.72. The Morgan fingerprint density at radius 1 is 1.30 bits per heavy atom. The van der Waals surface area contributed by atoms with Crippen molar-refractivity contribution in [2.75, 3.05) is 11.6 Å². The zero-order valence-electron chi connectivity index (χ0n) is 11.8. The minimum Gasteiger partial charge on any atom is -0.481 e. The highest BCUT2D eigenvalue weighted by Crippen LogP contribution is 2.24. The second-order valence-corrected chi connectivity index (χ2v) is 5.60. The largest absolute Gasteiger partial charge is 0.481 e. The fourth-order valence-corrected chi connectivity index (χ4v) is 2.27. The van der Waals surface area contributed by atoms with Crippen LogP contribution in [0.4, 0.5) is 10.5 Å². The van der Waals surface area contributed by atoms with Gasteiger partial charge in [-0.1, -0.05) is 26.0 Å². The van der Waals surface area contributed by atoms with E-state index in [9.17, 15) is 9.59 Å². The van der Waals surface area contributed by atoms with Gasteiger partial charge in [-0.15, -0.1) is 11.8 Å². The van der Waals surface area contributed by atoms with E-state index in [1.165, 1.54) is 11.8 Å². The van der Waals surface area contributed by atoms with E-state index in [1.54, 1.807) is 0 Å². The van der Waals surface area contributed by atoms with E-state index in [2.05, 4.69) is 10.6 Å². The van der Waals surface area contributed by atoms with Crippen LogP contribution in [0.3, 0.4) is 0 Å². The molecule has 0 aliphatic carbocycles. The molecule has 110 valence electrons. The van der Waals surface area contributed by atoms with E-state index in [4.69, 9.17) is 5.11 Å². The summed E-state index contributed by atoms with van der Waals surface area (Å²) in [5, 5.41) is 14.3. The lowest BCUT2D eigenvalue weighted by atomic mass is 10.0. The maximum atomic E-state index is 12.0. The van der Waals surface area contributed by atoms with Crippen LogP contribution < -0.4 is 10.6 Å². The van der Waals surface area contributed by atoms with Gasteiger partial charge in [0.25, 0.3) is 0 Å². The third-order valence-corrected chi connectivity index (χ3v) is 3.67. The minimum absolute atomic E-state index is 0.0487. The zero-order valence-corrected chi connectivity index (χ0v) is 12.7. The Kier molecular flexibility index (Phi) is 6.38. The van der Waals surface area contributed by atoms with E-state index >= 15 is 0 Å². The second-order valence-electron chi connectivity index (χ2n) is 4.75. The van der Waals surface area contributed by atoms with Crippen LogP contribution in [0.5, 0.6) is 0 Å². The summed E-state index contributed by atoms with van der Waals surface area (Å²) in [5.41, 5.74) is 0.718. The quantitative estimate of drug-likeness (QED) is 0.705. The number of urea groups is 1. The van der Waals surface area contributed by atoms with E-state index in [1.807, 2.05) is 44.4 Å². The molecule has 0 saturated heterocycles. The highest BCUT2D eigenvalue weighted by Gasteiger charge is 2.19. The van der Waals surface area contributed by atoms with Crippen molar-refractivity contribution in [3.8, 4) is 0 Å². The summed E-state index contributed by atoms with van der Waals surface area (Å²) < 4.78 is 0. The summed E-state index contributed by atoms with van der Waals surface area (Å²) in [6.07, 6.45) is 1.84. The molecule has 0 spiro atoms. The van der Waals surface area contributed by atoms with Crippen LogP contribution in [0.2, 0.25) is 0 Å². The molecule has 0 fully saturated rings. The molecule has 5 nitrogen and oxygen atoms in total. The number of thioether (sulfide) groups is 1. The van der Waals surface area contributed by atoms with Crippen molar-refractivity contribution in [1.82, 2.24) is 5.32 Å². The number of carbonyl (C=O) groups excluding carboxylic acids is 1. The molecule has 1 aromatic rings. The number of hydrogen-bond donors (Lipinski definition) is 3. The van der Waals surface area contributed by atoms with Crippen molar-refractivity contribution in [3.05, 3.63) is 24.3 Å². The van der Waals surface area contributed by atoms with Crippen LogP contribution in [0.1, 0.15) is 20.3 Å². The van der Waals surface area contributed by atoms with E-state index in [0.29, 0.717) is 0 Å². The van der Waals surface area contributed by atoms with Gasteiger partial charge in [0.05, 0.1) is 12.1 Å². The smallest absolute Gasteiger partial charge is 0.319 e. The Morgan fingerprint density at radius 2 is 1.95 bits per heavy atom. The molecular formula is C14H20N2O3S. The van der Waals surface area contributed by atoms with Gasteiger partial charge in [0.2, 0.25) is 0 Å². The molecule has 0 heterocycles. The minimum atomic E-state index is -0.923. The van der Waals surface area contributed by atoms with Gasteiger partial charge in [0.15, 0.2) is 0 Å². The number of carboxylic acid groups (broad SMARTS) is 1. The second kappa shape index (κ2) is 7.79. The van der Waals surface area contributed by atoms with Crippen LogP contribution in [-0.2, 0) is 4.79 Å². The van der Waals surface area contributed by atoms with E-state index in [0.717, 1.165) is 10.6 Å². The average Bonchev–Trinajstić information content (AvgIpc) is 2.37. The maximum absolute atomic E-state index is 12.0. The predicted octanol–water partition coefficient (Wildman–Crippen LogP) is 3.03. The Morgan fingerprint density at radius 3 is 2.50 bits per heavy atom.